The molecule has 36 heavy (non-hydrogen) atoms. The fourth-order valence-corrected chi connectivity index (χ4v) is 3.44. The lowest BCUT2D eigenvalue weighted by atomic mass is 10.1. The molecule has 0 N–H and O–H groups in total. The van der Waals surface area contributed by atoms with Crippen LogP contribution in [0.15, 0.2) is 53.3 Å². The molecule has 0 saturated carbocycles. The molecule has 1 aromatic carbocycles. The number of rotatable bonds is 7. The van der Waals surface area contributed by atoms with Crippen LogP contribution < -0.4 is 4.74 Å². The second-order valence-electron chi connectivity index (χ2n) is 7.82. The van der Waals surface area contributed by atoms with Gasteiger partial charge in [-0.15, -0.1) is 5.10 Å². The Morgan fingerprint density at radius 1 is 1.06 bits per heavy atom. The molecule has 0 radical (unpaired) electrons. The maximum atomic E-state index is 12.7. The number of alkyl halides is 3. The summed E-state index contributed by atoms with van der Waals surface area (Å²) in [5, 5.41) is 19.8. The van der Waals surface area contributed by atoms with E-state index in [1.807, 2.05) is 24.3 Å². The maximum absolute atomic E-state index is 12.7. The van der Waals surface area contributed by atoms with Crippen molar-refractivity contribution in [3.8, 4) is 28.7 Å². The fraction of sp³-hybridized carbons (Fsp3) is 0.227. The standard InChI is InChI=1S/C22H18F3N9O2/c1-33-17(12-35-19-7-6-15(10-26-19)22(23,24)25)16(11-27-33)21-28-20(30-36-21)14-5-3-4-13(8-14)9-18-29-31-32-34(18)2/h3-8,10-11H,9,12H2,1-2H3. The number of benzene rings is 1. The molecule has 0 fully saturated rings. The van der Waals surface area contributed by atoms with Gasteiger partial charge in [-0.1, -0.05) is 23.4 Å². The first-order valence-corrected chi connectivity index (χ1v) is 10.6. The number of aryl methyl sites for hydroxylation is 2. The van der Waals surface area contributed by atoms with Gasteiger partial charge in [-0.25, -0.2) is 9.67 Å². The van der Waals surface area contributed by atoms with E-state index in [1.54, 1.807) is 29.7 Å². The van der Waals surface area contributed by atoms with Gasteiger partial charge in [-0.05, 0) is 28.1 Å². The molecular formula is C22H18F3N9O2. The van der Waals surface area contributed by atoms with Crippen molar-refractivity contribution >= 4 is 0 Å². The Kier molecular flexibility index (Phi) is 5.91. The molecule has 0 aliphatic heterocycles. The molecule has 0 aliphatic carbocycles. The summed E-state index contributed by atoms with van der Waals surface area (Å²) in [7, 11) is 3.47. The molecule has 11 nitrogen and oxygen atoms in total. The number of ether oxygens (including phenoxy) is 1. The van der Waals surface area contributed by atoms with Crippen molar-refractivity contribution in [2.24, 2.45) is 14.1 Å². The lowest BCUT2D eigenvalue weighted by molar-refractivity contribution is -0.137. The molecule has 0 bridgehead atoms. The highest BCUT2D eigenvalue weighted by molar-refractivity contribution is 5.61. The quantitative estimate of drug-likeness (QED) is 0.333. The maximum Gasteiger partial charge on any atom is 0.417 e. The van der Waals surface area contributed by atoms with Gasteiger partial charge in [0, 0.05) is 38.3 Å². The van der Waals surface area contributed by atoms with Gasteiger partial charge in [-0.3, -0.25) is 4.68 Å². The van der Waals surface area contributed by atoms with Crippen LogP contribution in [-0.4, -0.2) is 45.1 Å². The highest BCUT2D eigenvalue weighted by Gasteiger charge is 2.30. The molecule has 0 aliphatic rings. The van der Waals surface area contributed by atoms with Crippen LogP contribution in [0.5, 0.6) is 5.88 Å². The van der Waals surface area contributed by atoms with Gasteiger partial charge in [-0.2, -0.15) is 23.3 Å². The van der Waals surface area contributed by atoms with E-state index < -0.39 is 11.7 Å². The van der Waals surface area contributed by atoms with Gasteiger partial charge >= 0.3 is 6.18 Å². The highest BCUT2D eigenvalue weighted by atomic mass is 19.4. The normalized spacial score (nSPS) is 11.7. The van der Waals surface area contributed by atoms with Crippen LogP contribution in [0.25, 0.3) is 22.8 Å². The van der Waals surface area contributed by atoms with Crippen LogP contribution in [0.2, 0.25) is 0 Å². The summed E-state index contributed by atoms with van der Waals surface area (Å²) in [6.07, 6.45) is -1.67. The molecule has 5 rings (SSSR count). The predicted octanol–water partition coefficient (Wildman–Crippen LogP) is 3.24. The Morgan fingerprint density at radius 2 is 1.92 bits per heavy atom. The number of aromatic nitrogens is 9. The number of tetrazole rings is 1. The molecule has 0 amide bonds. The van der Waals surface area contributed by atoms with Gasteiger partial charge in [0.1, 0.15) is 6.61 Å². The van der Waals surface area contributed by atoms with E-state index in [-0.39, 0.29) is 18.4 Å². The molecular weight excluding hydrogens is 479 g/mol. The first kappa shape index (κ1) is 23.1. The Labute approximate surface area is 201 Å². The Balaban J connectivity index is 1.33. The van der Waals surface area contributed by atoms with Gasteiger partial charge in [0.2, 0.25) is 11.7 Å². The first-order valence-electron chi connectivity index (χ1n) is 10.6. The van der Waals surface area contributed by atoms with Crippen LogP contribution in [0.1, 0.15) is 22.6 Å². The summed E-state index contributed by atoms with van der Waals surface area (Å²) in [4.78, 5) is 8.22. The van der Waals surface area contributed by atoms with Crippen molar-refractivity contribution in [3.63, 3.8) is 0 Å². The van der Waals surface area contributed by atoms with E-state index >= 15 is 0 Å². The van der Waals surface area contributed by atoms with Crippen molar-refractivity contribution in [1.29, 1.82) is 0 Å². The predicted molar refractivity (Wildman–Crippen MR) is 117 cm³/mol. The minimum atomic E-state index is -4.47. The second-order valence-corrected chi connectivity index (χ2v) is 7.82. The number of hydrogen-bond donors (Lipinski definition) is 0. The molecule has 0 unspecified atom stereocenters. The fourth-order valence-electron chi connectivity index (χ4n) is 3.44. The average molecular weight is 497 g/mol. The van der Waals surface area contributed by atoms with Crippen LogP contribution in [0, 0.1) is 0 Å². The third kappa shape index (κ3) is 4.78. The summed E-state index contributed by atoms with van der Waals surface area (Å²) in [6.45, 7) is -0.0247. The number of hydrogen-bond acceptors (Lipinski definition) is 9. The Morgan fingerprint density at radius 3 is 2.64 bits per heavy atom. The molecule has 5 aromatic rings. The van der Waals surface area contributed by atoms with Crippen molar-refractivity contribution in [2.45, 2.75) is 19.2 Å². The van der Waals surface area contributed by atoms with E-state index in [0.717, 1.165) is 29.5 Å². The van der Waals surface area contributed by atoms with Crippen molar-refractivity contribution in [1.82, 2.24) is 45.1 Å². The molecule has 14 heteroatoms. The second kappa shape index (κ2) is 9.20. The van der Waals surface area contributed by atoms with Crippen LogP contribution in [0.4, 0.5) is 13.2 Å². The Hall–Kier alpha value is -4.62. The van der Waals surface area contributed by atoms with Crippen molar-refractivity contribution < 1.29 is 22.4 Å². The molecule has 4 aromatic heterocycles. The SMILES string of the molecule is Cn1nnnc1Cc1cccc(-c2noc(-c3cnn(C)c3COc3ccc(C(F)(F)F)cn3)n2)c1. The average Bonchev–Trinajstić information content (AvgIpc) is 3.58. The van der Waals surface area contributed by atoms with Crippen LogP contribution in [0.3, 0.4) is 0 Å². The number of pyridine rings is 1. The van der Waals surface area contributed by atoms with Gasteiger partial charge in [0.05, 0.1) is 23.0 Å². The number of halogens is 3. The van der Waals surface area contributed by atoms with Crippen molar-refractivity contribution in [3.05, 3.63) is 71.4 Å². The minimum Gasteiger partial charge on any atom is -0.471 e. The van der Waals surface area contributed by atoms with Crippen molar-refractivity contribution in [2.75, 3.05) is 0 Å². The molecule has 4 heterocycles. The Bertz CT molecular complexity index is 1490. The third-order valence-corrected chi connectivity index (χ3v) is 5.39. The summed E-state index contributed by atoms with van der Waals surface area (Å²) >= 11 is 0. The smallest absolute Gasteiger partial charge is 0.417 e. The summed E-state index contributed by atoms with van der Waals surface area (Å²) in [5.74, 6) is 1.35. The molecule has 0 saturated heterocycles. The van der Waals surface area contributed by atoms with Crippen LogP contribution in [-0.2, 0) is 33.3 Å². The zero-order valence-corrected chi connectivity index (χ0v) is 19.0. The summed E-state index contributed by atoms with van der Waals surface area (Å²) < 4.78 is 52.5. The molecule has 184 valence electrons. The van der Waals surface area contributed by atoms with E-state index in [9.17, 15) is 13.2 Å². The van der Waals surface area contributed by atoms with Gasteiger partial charge in [0.15, 0.2) is 5.82 Å². The lowest BCUT2D eigenvalue weighted by Crippen LogP contribution is -2.07. The van der Waals surface area contributed by atoms with E-state index in [2.05, 4.69) is 35.7 Å². The minimum absolute atomic E-state index is 0.0247. The third-order valence-electron chi connectivity index (χ3n) is 5.39. The largest absolute Gasteiger partial charge is 0.471 e. The summed E-state index contributed by atoms with van der Waals surface area (Å²) in [6, 6.07) is 9.68. The van der Waals surface area contributed by atoms with E-state index in [4.69, 9.17) is 9.26 Å². The van der Waals surface area contributed by atoms with Gasteiger partial charge < -0.3 is 9.26 Å². The van der Waals surface area contributed by atoms with E-state index in [1.165, 1.54) is 0 Å². The topological polar surface area (TPSA) is 122 Å². The summed E-state index contributed by atoms with van der Waals surface area (Å²) in [5.41, 5.74) is 1.97. The first-order chi connectivity index (χ1) is 17.3. The van der Waals surface area contributed by atoms with Gasteiger partial charge in [0.25, 0.3) is 5.89 Å². The molecule has 0 spiro atoms. The monoisotopic (exact) mass is 497 g/mol. The highest BCUT2D eigenvalue weighted by Crippen LogP contribution is 2.30. The zero-order valence-electron chi connectivity index (χ0n) is 19.0. The lowest BCUT2D eigenvalue weighted by Gasteiger charge is -2.09. The number of nitrogens with zero attached hydrogens (tertiary/aromatic N) is 9. The van der Waals surface area contributed by atoms with E-state index in [0.29, 0.717) is 29.3 Å². The zero-order chi connectivity index (χ0) is 25.3. The van der Waals surface area contributed by atoms with Crippen LogP contribution >= 0.6 is 0 Å². The molecule has 0 atom stereocenters.